The van der Waals surface area contributed by atoms with Crippen molar-refractivity contribution in [3.63, 3.8) is 0 Å². The van der Waals surface area contributed by atoms with Crippen LogP contribution in [0.2, 0.25) is 5.02 Å². The number of aromatic nitrogens is 2. The fourth-order valence-corrected chi connectivity index (χ4v) is 2.11. The van der Waals surface area contributed by atoms with Crippen LogP contribution in [0.3, 0.4) is 0 Å². The minimum atomic E-state index is -0.121. The second-order valence-electron chi connectivity index (χ2n) is 6.00. The molecule has 5 heteroatoms. The number of rotatable bonds is 3. The predicted octanol–water partition coefficient (Wildman–Crippen LogP) is 4.52. The first-order chi connectivity index (χ1) is 9.81. The summed E-state index contributed by atoms with van der Waals surface area (Å²) < 4.78 is 0. The van der Waals surface area contributed by atoms with Crippen LogP contribution in [0.5, 0.6) is 0 Å². The molecular weight excluding hydrogens is 284 g/mol. The molecule has 0 spiro atoms. The van der Waals surface area contributed by atoms with Crippen LogP contribution in [0.1, 0.15) is 32.2 Å². The largest absolute Gasteiger partial charge is 0.373 e. The summed E-state index contributed by atoms with van der Waals surface area (Å²) in [6.45, 7) is 8.28. The number of nitrogens with one attached hydrogen (secondary N) is 2. The molecule has 0 bridgehead atoms. The maximum atomic E-state index is 6.03. The fraction of sp³-hybridized carbons (Fsp3) is 0.375. The minimum absolute atomic E-state index is 0.121. The van der Waals surface area contributed by atoms with Gasteiger partial charge in [0, 0.05) is 28.7 Å². The molecule has 0 saturated heterocycles. The zero-order valence-corrected chi connectivity index (χ0v) is 13.8. The van der Waals surface area contributed by atoms with E-state index in [1.165, 1.54) is 0 Å². The third kappa shape index (κ3) is 3.64. The van der Waals surface area contributed by atoms with E-state index in [0.29, 0.717) is 5.02 Å². The van der Waals surface area contributed by atoms with Gasteiger partial charge in [0.15, 0.2) is 0 Å². The smallest absolute Gasteiger partial charge is 0.139 e. The molecule has 1 aromatic heterocycles. The van der Waals surface area contributed by atoms with Crippen molar-refractivity contribution in [2.24, 2.45) is 0 Å². The maximum Gasteiger partial charge on any atom is 0.139 e. The van der Waals surface area contributed by atoms with Gasteiger partial charge in [0.1, 0.15) is 17.5 Å². The molecule has 0 amide bonds. The highest BCUT2D eigenvalue weighted by atomic mass is 35.5. The molecule has 112 valence electrons. The van der Waals surface area contributed by atoms with Gasteiger partial charge in [0.2, 0.25) is 0 Å². The molecule has 0 unspecified atom stereocenters. The Morgan fingerprint density at radius 2 is 1.76 bits per heavy atom. The lowest BCUT2D eigenvalue weighted by molar-refractivity contribution is 0.546. The molecule has 1 heterocycles. The average Bonchev–Trinajstić information content (AvgIpc) is 2.40. The summed E-state index contributed by atoms with van der Waals surface area (Å²) in [5, 5.41) is 7.14. The van der Waals surface area contributed by atoms with Crippen molar-refractivity contribution in [2.45, 2.75) is 33.1 Å². The molecule has 0 atom stereocenters. The fourth-order valence-electron chi connectivity index (χ4n) is 1.92. The summed E-state index contributed by atoms with van der Waals surface area (Å²) in [4.78, 5) is 9.27. The van der Waals surface area contributed by atoms with Gasteiger partial charge in [-0.2, -0.15) is 0 Å². The molecule has 2 N–H and O–H groups in total. The topological polar surface area (TPSA) is 49.8 Å². The van der Waals surface area contributed by atoms with Crippen molar-refractivity contribution in [2.75, 3.05) is 17.7 Å². The third-order valence-electron chi connectivity index (χ3n) is 3.14. The third-order valence-corrected chi connectivity index (χ3v) is 3.38. The van der Waals surface area contributed by atoms with Gasteiger partial charge in [-0.25, -0.2) is 9.97 Å². The van der Waals surface area contributed by atoms with E-state index in [-0.39, 0.29) is 5.41 Å². The molecule has 0 aliphatic rings. The van der Waals surface area contributed by atoms with Crippen LogP contribution in [0.15, 0.2) is 24.3 Å². The molecule has 0 aliphatic carbocycles. The number of halogens is 1. The highest BCUT2D eigenvalue weighted by molar-refractivity contribution is 6.30. The highest BCUT2D eigenvalue weighted by Gasteiger charge is 2.21. The van der Waals surface area contributed by atoms with E-state index >= 15 is 0 Å². The number of benzene rings is 1. The van der Waals surface area contributed by atoms with Crippen LogP contribution in [0, 0.1) is 6.92 Å². The van der Waals surface area contributed by atoms with E-state index in [1.807, 2.05) is 38.2 Å². The molecule has 2 aromatic rings. The van der Waals surface area contributed by atoms with Crippen LogP contribution in [-0.4, -0.2) is 17.0 Å². The molecule has 0 saturated carbocycles. The Bertz CT molecular complexity index is 647. The van der Waals surface area contributed by atoms with E-state index in [4.69, 9.17) is 11.6 Å². The predicted molar refractivity (Wildman–Crippen MR) is 89.8 cm³/mol. The Morgan fingerprint density at radius 3 is 2.33 bits per heavy atom. The molecule has 0 fully saturated rings. The average molecular weight is 305 g/mol. The maximum absolute atomic E-state index is 6.03. The van der Waals surface area contributed by atoms with Crippen molar-refractivity contribution in [3.8, 4) is 0 Å². The van der Waals surface area contributed by atoms with Gasteiger partial charge in [0.05, 0.1) is 0 Å². The van der Waals surface area contributed by atoms with Gasteiger partial charge >= 0.3 is 0 Å². The summed E-state index contributed by atoms with van der Waals surface area (Å²) in [7, 11) is 1.87. The zero-order chi connectivity index (χ0) is 15.6. The molecule has 21 heavy (non-hydrogen) atoms. The lowest BCUT2D eigenvalue weighted by Gasteiger charge is -2.20. The van der Waals surface area contributed by atoms with Gasteiger partial charge in [-0.1, -0.05) is 38.4 Å². The molecule has 4 nitrogen and oxygen atoms in total. The first-order valence-corrected chi connectivity index (χ1v) is 7.28. The van der Waals surface area contributed by atoms with Crippen LogP contribution in [-0.2, 0) is 5.41 Å². The van der Waals surface area contributed by atoms with Crippen molar-refractivity contribution in [1.82, 2.24) is 9.97 Å². The van der Waals surface area contributed by atoms with Gasteiger partial charge in [0.25, 0.3) is 0 Å². The Labute approximate surface area is 131 Å². The summed E-state index contributed by atoms with van der Waals surface area (Å²) in [6, 6.07) is 7.59. The quantitative estimate of drug-likeness (QED) is 0.875. The molecule has 1 aromatic carbocycles. The zero-order valence-electron chi connectivity index (χ0n) is 13.1. The second-order valence-corrected chi connectivity index (χ2v) is 6.44. The highest BCUT2D eigenvalue weighted by Crippen LogP contribution is 2.28. The number of nitrogens with zero attached hydrogens (tertiary/aromatic N) is 2. The Morgan fingerprint density at radius 1 is 1.10 bits per heavy atom. The Hall–Kier alpha value is -1.81. The number of hydrogen-bond acceptors (Lipinski definition) is 4. The second kappa shape index (κ2) is 5.90. The summed E-state index contributed by atoms with van der Waals surface area (Å²) in [5.41, 5.74) is 1.76. The normalized spacial score (nSPS) is 11.3. The van der Waals surface area contributed by atoms with Gasteiger partial charge in [-0.3, -0.25) is 0 Å². The first kappa shape index (κ1) is 15.6. The van der Waals surface area contributed by atoms with Gasteiger partial charge in [-0.05, 0) is 25.1 Å². The van der Waals surface area contributed by atoms with Crippen molar-refractivity contribution < 1.29 is 0 Å². The van der Waals surface area contributed by atoms with E-state index in [2.05, 4.69) is 41.4 Å². The van der Waals surface area contributed by atoms with Crippen molar-refractivity contribution >= 4 is 28.9 Å². The van der Waals surface area contributed by atoms with Gasteiger partial charge in [-0.15, -0.1) is 0 Å². The molecule has 0 radical (unpaired) electrons. The molecule has 2 rings (SSSR count). The van der Waals surface area contributed by atoms with E-state index in [0.717, 1.165) is 28.7 Å². The Kier molecular flexibility index (Phi) is 4.37. The summed E-state index contributed by atoms with van der Waals surface area (Å²) in [6.07, 6.45) is 0. The van der Waals surface area contributed by atoms with Crippen LogP contribution in [0.25, 0.3) is 0 Å². The van der Waals surface area contributed by atoms with Crippen LogP contribution < -0.4 is 10.6 Å². The van der Waals surface area contributed by atoms with E-state index < -0.39 is 0 Å². The summed E-state index contributed by atoms with van der Waals surface area (Å²) >= 11 is 6.03. The van der Waals surface area contributed by atoms with Crippen molar-refractivity contribution in [1.29, 1.82) is 0 Å². The minimum Gasteiger partial charge on any atom is -0.373 e. The standard InChI is InChI=1S/C16H21ClN4/c1-10-13(18-5)20-15(16(2,3)4)21-14(10)19-12-8-6-7-11(17)9-12/h6-9H,1-5H3,(H2,18,19,20,21). The lowest BCUT2D eigenvalue weighted by atomic mass is 9.95. The van der Waals surface area contributed by atoms with Crippen LogP contribution >= 0.6 is 11.6 Å². The monoisotopic (exact) mass is 304 g/mol. The molecule has 0 aliphatic heterocycles. The van der Waals surface area contributed by atoms with Crippen molar-refractivity contribution in [3.05, 3.63) is 40.7 Å². The SMILES string of the molecule is CNc1nc(C(C)(C)C)nc(Nc2cccc(Cl)c2)c1C. The molecular formula is C16H21ClN4. The van der Waals surface area contributed by atoms with Gasteiger partial charge < -0.3 is 10.6 Å². The van der Waals surface area contributed by atoms with E-state index in [1.54, 1.807) is 0 Å². The lowest BCUT2D eigenvalue weighted by Crippen LogP contribution is -2.18. The number of hydrogen-bond donors (Lipinski definition) is 2. The van der Waals surface area contributed by atoms with Crippen LogP contribution in [0.4, 0.5) is 17.3 Å². The number of anilines is 3. The first-order valence-electron chi connectivity index (χ1n) is 6.90. The summed E-state index contributed by atoms with van der Waals surface area (Å²) in [5.74, 6) is 2.42. The van der Waals surface area contributed by atoms with E-state index in [9.17, 15) is 0 Å². The Balaban J connectivity index is 2.47.